The molecule has 4 aromatic rings. The van der Waals surface area contributed by atoms with Crippen LogP contribution in [0.15, 0.2) is 95.0 Å². The summed E-state index contributed by atoms with van der Waals surface area (Å²) in [7, 11) is -4.08. The Morgan fingerprint density at radius 1 is 0.936 bits per heavy atom. The molecule has 12 heteroatoms. The van der Waals surface area contributed by atoms with Gasteiger partial charge in [-0.1, -0.05) is 71.4 Å². The van der Waals surface area contributed by atoms with Gasteiger partial charge in [-0.3, -0.25) is 4.79 Å². The van der Waals surface area contributed by atoms with Gasteiger partial charge >= 0.3 is 0 Å². The SMILES string of the molecule is O=C(Nc1cc(F)c(F)c(F)c1)c1ccc(Cl)c(S(=O)(=O)[C@H]2C3CC[C@H]2C[C@](O)(/C=N/OCc2ccc(-c4ccccc4)cc2)C3)c1. The Morgan fingerprint density at radius 2 is 1.55 bits per heavy atom. The summed E-state index contributed by atoms with van der Waals surface area (Å²) in [5.41, 5.74) is 1.24. The van der Waals surface area contributed by atoms with E-state index in [0.717, 1.165) is 22.8 Å². The molecule has 0 saturated heterocycles. The van der Waals surface area contributed by atoms with E-state index < -0.39 is 55.9 Å². The summed E-state index contributed by atoms with van der Waals surface area (Å²) in [6.45, 7) is 0.193. The molecule has 0 heterocycles. The molecule has 4 atom stereocenters. The van der Waals surface area contributed by atoms with Crippen LogP contribution in [-0.4, -0.2) is 36.5 Å². The fourth-order valence-electron chi connectivity index (χ4n) is 6.69. The maximum absolute atomic E-state index is 14.0. The molecule has 2 bridgehead atoms. The first-order valence-electron chi connectivity index (χ1n) is 15.0. The number of benzene rings is 4. The summed E-state index contributed by atoms with van der Waals surface area (Å²) >= 11 is 6.33. The number of hydrogen-bond donors (Lipinski definition) is 2. The minimum atomic E-state index is -4.08. The van der Waals surface area contributed by atoms with Crippen molar-refractivity contribution in [3.63, 3.8) is 0 Å². The Morgan fingerprint density at radius 3 is 2.19 bits per heavy atom. The third-order valence-corrected chi connectivity index (χ3v) is 11.7. The lowest BCUT2D eigenvalue weighted by Gasteiger charge is -2.38. The first-order valence-corrected chi connectivity index (χ1v) is 16.9. The van der Waals surface area contributed by atoms with Gasteiger partial charge in [0, 0.05) is 23.4 Å². The first-order chi connectivity index (χ1) is 22.4. The van der Waals surface area contributed by atoms with Crippen LogP contribution in [-0.2, 0) is 21.3 Å². The number of amides is 1. The molecule has 2 aliphatic carbocycles. The normalized spacial score (nSPS) is 22.4. The van der Waals surface area contributed by atoms with E-state index in [9.17, 15) is 31.5 Å². The van der Waals surface area contributed by atoms with Crippen LogP contribution >= 0.6 is 11.6 Å². The quantitative estimate of drug-likeness (QED) is 0.108. The highest BCUT2D eigenvalue weighted by molar-refractivity contribution is 7.92. The third kappa shape index (κ3) is 6.93. The molecular formula is C35H30ClF3N2O5S. The van der Waals surface area contributed by atoms with Crippen LogP contribution in [0, 0.1) is 29.3 Å². The topological polar surface area (TPSA) is 105 Å². The number of carbonyl (C=O) groups excluding carboxylic acids is 1. The zero-order valence-corrected chi connectivity index (χ0v) is 26.4. The van der Waals surface area contributed by atoms with E-state index >= 15 is 0 Å². The molecule has 2 N–H and O–H groups in total. The van der Waals surface area contributed by atoms with Gasteiger partial charge in [0.2, 0.25) is 0 Å². The Hall–Kier alpha value is -4.19. The lowest BCUT2D eigenvalue weighted by molar-refractivity contribution is 0.0411. The molecule has 2 saturated carbocycles. The van der Waals surface area contributed by atoms with Crippen molar-refractivity contribution < 1.29 is 36.3 Å². The van der Waals surface area contributed by atoms with Gasteiger partial charge in [0.15, 0.2) is 27.3 Å². The van der Waals surface area contributed by atoms with Gasteiger partial charge in [-0.25, -0.2) is 21.6 Å². The van der Waals surface area contributed by atoms with Crippen LogP contribution in [0.1, 0.15) is 41.6 Å². The summed E-state index contributed by atoms with van der Waals surface area (Å²) in [6, 6.07) is 22.7. The second kappa shape index (κ2) is 13.1. The Balaban J connectivity index is 1.11. The fourth-order valence-corrected chi connectivity index (χ4v) is 9.54. The van der Waals surface area contributed by atoms with Crippen LogP contribution in [0.25, 0.3) is 11.1 Å². The van der Waals surface area contributed by atoms with Crippen LogP contribution in [0.3, 0.4) is 0 Å². The molecule has 0 radical (unpaired) electrons. The minimum Gasteiger partial charge on any atom is -0.391 e. The summed E-state index contributed by atoms with van der Waals surface area (Å²) < 4.78 is 68.5. The van der Waals surface area contributed by atoms with Crippen molar-refractivity contribution in [2.75, 3.05) is 5.32 Å². The number of fused-ring (bicyclic) bond motifs is 2. The van der Waals surface area contributed by atoms with Gasteiger partial charge in [0.05, 0.1) is 21.4 Å². The van der Waals surface area contributed by atoms with E-state index in [0.29, 0.717) is 25.0 Å². The molecule has 244 valence electrons. The van der Waals surface area contributed by atoms with Gasteiger partial charge in [0.1, 0.15) is 12.2 Å². The molecule has 1 amide bonds. The molecular weight excluding hydrogens is 653 g/mol. The van der Waals surface area contributed by atoms with Crippen molar-refractivity contribution in [1.82, 2.24) is 0 Å². The largest absolute Gasteiger partial charge is 0.391 e. The Kier molecular flexibility index (Phi) is 9.15. The van der Waals surface area contributed by atoms with Crippen molar-refractivity contribution >= 4 is 39.2 Å². The summed E-state index contributed by atoms with van der Waals surface area (Å²) in [5, 5.41) is 16.7. The van der Waals surface area contributed by atoms with Gasteiger partial charge in [-0.2, -0.15) is 0 Å². The summed E-state index contributed by atoms with van der Waals surface area (Å²) in [4.78, 5) is 18.1. The number of aliphatic hydroxyl groups is 1. The molecule has 7 nitrogen and oxygen atoms in total. The average molecular weight is 683 g/mol. The van der Waals surface area contributed by atoms with Gasteiger partial charge < -0.3 is 15.3 Å². The minimum absolute atomic E-state index is 0.0904. The second-order valence-corrected chi connectivity index (χ2v) is 14.5. The number of carbonyl (C=O) groups is 1. The molecule has 1 unspecified atom stereocenters. The molecule has 0 aliphatic heterocycles. The van der Waals surface area contributed by atoms with E-state index in [1.165, 1.54) is 18.3 Å². The van der Waals surface area contributed by atoms with Gasteiger partial charge in [-0.05, 0) is 72.4 Å². The molecule has 6 rings (SSSR count). The maximum atomic E-state index is 14.0. The Bertz CT molecular complexity index is 1900. The van der Waals surface area contributed by atoms with Crippen molar-refractivity contribution in [1.29, 1.82) is 0 Å². The average Bonchev–Trinajstić information content (AvgIpc) is 3.35. The number of anilines is 1. The molecule has 47 heavy (non-hydrogen) atoms. The monoisotopic (exact) mass is 682 g/mol. The first kappa shape index (κ1) is 32.7. The molecule has 0 spiro atoms. The van der Waals surface area contributed by atoms with Crippen LogP contribution < -0.4 is 5.32 Å². The van der Waals surface area contributed by atoms with Crippen molar-refractivity contribution in [2.45, 2.75) is 48.0 Å². The van der Waals surface area contributed by atoms with E-state index in [-0.39, 0.29) is 40.6 Å². The Labute approximate surface area is 274 Å². The molecule has 0 aromatic heterocycles. The summed E-state index contributed by atoms with van der Waals surface area (Å²) in [5.74, 6) is -6.33. The van der Waals surface area contributed by atoms with Gasteiger partial charge in [-0.15, -0.1) is 0 Å². The standard InChI is InChI=1S/C35H30ClF3N2O5S/c36-28-13-12-24(34(42)41-27-15-29(37)32(39)30(38)16-27)14-31(28)47(44,45)33-25-10-11-26(33)18-35(43,17-25)20-40-46-19-21-6-8-23(9-7-21)22-4-2-1-3-5-22/h1-9,12-16,20,25-26,33,43H,10-11,17-19H2,(H,41,42)/b40-20+/t25-,26?,33+,35+/m0/s1. The highest BCUT2D eigenvalue weighted by Crippen LogP contribution is 2.51. The lowest BCUT2D eigenvalue weighted by atomic mass is 9.78. The number of sulfone groups is 1. The third-order valence-electron chi connectivity index (χ3n) is 8.83. The summed E-state index contributed by atoms with van der Waals surface area (Å²) in [6.07, 6.45) is 2.77. The predicted molar refractivity (Wildman–Crippen MR) is 172 cm³/mol. The molecule has 2 aliphatic rings. The van der Waals surface area contributed by atoms with Crippen molar-refractivity contribution in [2.24, 2.45) is 17.0 Å². The number of nitrogens with zero attached hydrogens (tertiary/aromatic N) is 1. The van der Waals surface area contributed by atoms with Crippen molar-refractivity contribution in [3.8, 4) is 11.1 Å². The zero-order valence-electron chi connectivity index (χ0n) is 24.9. The molecule has 4 aromatic carbocycles. The van der Waals surface area contributed by atoms with Crippen LogP contribution in [0.4, 0.5) is 18.9 Å². The zero-order chi connectivity index (χ0) is 33.3. The highest BCUT2D eigenvalue weighted by Gasteiger charge is 2.54. The van der Waals surface area contributed by atoms with Gasteiger partial charge in [0.25, 0.3) is 5.91 Å². The number of halogens is 4. The molecule has 2 fully saturated rings. The van der Waals surface area contributed by atoms with E-state index in [1.807, 2.05) is 54.6 Å². The smallest absolute Gasteiger partial charge is 0.255 e. The number of oxime groups is 1. The van der Waals surface area contributed by atoms with E-state index in [2.05, 4.69) is 10.5 Å². The number of hydrogen-bond acceptors (Lipinski definition) is 6. The number of rotatable bonds is 9. The fraction of sp³-hybridized carbons (Fsp3) is 0.257. The number of nitrogens with one attached hydrogen (secondary N) is 1. The second-order valence-electron chi connectivity index (χ2n) is 12.0. The predicted octanol–water partition coefficient (Wildman–Crippen LogP) is 7.57. The van der Waals surface area contributed by atoms with Crippen molar-refractivity contribution in [3.05, 3.63) is 119 Å². The van der Waals surface area contributed by atoms with E-state index in [1.54, 1.807) is 0 Å². The van der Waals surface area contributed by atoms with Crippen LogP contribution in [0.5, 0.6) is 0 Å². The lowest BCUT2D eigenvalue weighted by Crippen LogP contribution is -2.47. The van der Waals surface area contributed by atoms with Crippen LogP contribution in [0.2, 0.25) is 5.02 Å². The maximum Gasteiger partial charge on any atom is 0.255 e. The van der Waals surface area contributed by atoms with E-state index in [4.69, 9.17) is 16.4 Å². The highest BCUT2D eigenvalue weighted by atomic mass is 35.5.